The Balaban J connectivity index is 1.77. The third-order valence-electron chi connectivity index (χ3n) is 3.11. The summed E-state index contributed by atoms with van der Waals surface area (Å²) in [5.74, 6) is 1.55. The molecule has 0 saturated heterocycles. The van der Waals surface area contributed by atoms with Crippen LogP contribution in [0, 0.1) is 6.92 Å². The standard InChI is InChI=1S/C13H16N6S/c1-9-3-4-11-15-10(7-19(11)6-9)8-20-13-17-16-12(5-14)18(13)2/h3-4,6-7H,5,8,14H2,1-2H3. The van der Waals surface area contributed by atoms with Crippen molar-refractivity contribution in [2.75, 3.05) is 0 Å². The van der Waals surface area contributed by atoms with Gasteiger partial charge in [0.05, 0.1) is 12.2 Å². The second-order valence-electron chi connectivity index (χ2n) is 4.65. The SMILES string of the molecule is Cc1ccc2nc(CSc3nnc(CN)n3C)cn2c1. The Hall–Kier alpha value is -1.86. The molecule has 0 atom stereocenters. The van der Waals surface area contributed by atoms with Gasteiger partial charge in [-0.05, 0) is 18.6 Å². The molecule has 0 aliphatic heterocycles. The lowest BCUT2D eigenvalue weighted by atomic mass is 10.3. The third-order valence-corrected chi connectivity index (χ3v) is 4.16. The summed E-state index contributed by atoms with van der Waals surface area (Å²) < 4.78 is 3.97. The molecule has 20 heavy (non-hydrogen) atoms. The van der Waals surface area contributed by atoms with Gasteiger partial charge in [-0.15, -0.1) is 10.2 Å². The predicted molar refractivity (Wildman–Crippen MR) is 78.4 cm³/mol. The Bertz CT molecular complexity index is 744. The van der Waals surface area contributed by atoms with Crippen molar-refractivity contribution in [2.24, 2.45) is 12.8 Å². The van der Waals surface area contributed by atoms with Crippen LogP contribution in [0.15, 0.2) is 29.7 Å². The van der Waals surface area contributed by atoms with Crippen LogP contribution in [0.4, 0.5) is 0 Å². The van der Waals surface area contributed by atoms with Crippen molar-refractivity contribution >= 4 is 17.4 Å². The van der Waals surface area contributed by atoms with E-state index in [4.69, 9.17) is 5.73 Å². The van der Waals surface area contributed by atoms with Crippen LogP contribution in [0.1, 0.15) is 17.1 Å². The van der Waals surface area contributed by atoms with Gasteiger partial charge in [0.2, 0.25) is 0 Å². The Kier molecular flexibility index (Phi) is 3.45. The molecule has 3 heterocycles. The quantitative estimate of drug-likeness (QED) is 0.737. The van der Waals surface area contributed by atoms with Gasteiger partial charge in [0.1, 0.15) is 11.5 Å². The number of hydrogen-bond donors (Lipinski definition) is 1. The lowest BCUT2D eigenvalue weighted by Gasteiger charge is -2.00. The van der Waals surface area contributed by atoms with E-state index in [-0.39, 0.29) is 0 Å². The number of aryl methyl sites for hydroxylation is 1. The van der Waals surface area contributed by atoms with E-state index >= 15 is 0 Å². The molecule has 7 heteroatoms. The number of aromatic nitrogens is 5. The zero-order chi connectivity index (χ0) is 14.1. The maximum absolute atomic E-state index is 5.59. The van der Waals surface area contributed by atoms with Crippen LogP contribution in [0.3, 0.4) is 0 Å². The van der Waals surface area contributed by atoms with Gasteiger partial charge in [-0.3, -0.25) is 0 Å². The van der Waals surface area contributed by atoms with Crippen molar-refractivity contribution in [3.63, 3.8) is 0 Å². The smallest absolute Gasteiger partial charge is 0.191 e. The molecule has 0 unspecified atom stereocenters. The fourth-order valence-electron chi connectivity index (χ4n) is 2.01. The van der Waals surface area contributed by atoms with Crippen LogP contribution in [0.5, 0.6) is 0 Å². The molecule has 0 fully saturated rings. The highest BCUT2D eigenvalue weighted by Gasteiger charge is 2.09. The van der Waals surface area contributed by atoms with Crippen LogP contribution in [-0.4, -0.2) is 24.1 Å². The van der Waals surface area contributed by atoms with E-state index in [1.54, 1.807) is 11.8 Å². The number of nitrogens with zero attached hydrogens (tertiary/aromatic N) is 5. The van der Waals surface area contributed by atoms with Crippen molar-refractivity contribution in [2.45, 2.75) is 24.4 Å². The maximum atomic E-state index is 5.59. The van der Waals surface area contributed by atoms with Crippen molar-refractivity contribution in [3.05, 3.63) is 41.6 Å². The van der Waals surface area contributed by atoms with E-state index in [1.165, 1.54) is 5.56 Å². The predicted octanol–water partition coefficient (Wildman–Crippen LogP) is 1.52. The van der Waals surface area contributed by atoms with Gasteiger partial charge >= 0.3 is 0 Å². The first-order valence-electron chi connectivity index (χ1n) is 6.33. The second-order valence-corrected chi connectivity index (χ2v) is 5.60. The maximum Gasteiger partial charge on any atom is 0.191 e. The molecule has 0 amide bonds. The molecule has 0 spiro atoms. The van der Waals surface area contributed by atoms with E-state index in [0.29, 0.717) is 6.54 Å². The first-order chi connectivity index (χ1) is 9.67. The van der Waals surface area contributed by atoms with Gasteiger partial charge in [0, 0.05) is 25.2 Å². The first-order valence-corrected chi connectivity index (χ1v) is 7.31. The molecule has 0 aliphatic carbocycles. The minimum atomic E-state index is 0.400. The van der Waals surface area contributed by atoms with Crippen molar-refractivity contribution in [1.82, 2.24) is 24.1 Å². The molecule has 3 aromatic heterocycles. The normalized spacial score (nSPS) is 11.3. The summed E-state index contributed by atoms with van der Waals surface area (Å²) in [7, 11) is 1.93. The summed E-state index contributed by atoms with van der Waals surface area (Å²) >= 11 is 1.61. The number of hydrogen-bond acceptors (Lipinski definition) is 5. The topological polar surface area (TPSA) is 74.0 Å². The molecule has 0 saturated carbocycles. The summed E-state index contributed by atoms with van der Waals surface area (Å²) in [5.41, 5.74) is 8.80. The fraction of sp³-hybridized carbons (Fsp3) is 0.308. The molecule has 0 radical (unpaired) electrons. The van der Waals surface area contributed by atoms with Gasteiger partial charge in [-0.25, -0.2) is 4.98 Å². The number of nitrogens with two attached hydrogens (primary N) is 1. The van der Waals surface area contributed by atoms with Gasteiger partial charge in [0.15, 0.2) is 5.16 Å². The van der Waals surface area contributed by atoms with E-state index in [2.05, 4.69) is 40.6 Å². The third kappa shape index (κ3) is 2.41. The van der Waals surface area contributed by atoms with Crippen LogP contribution < -0.4 is 5.73 Å². The second kappa shape index (κ2) is 5.26. The van der Waals surface area contributed by atoms with Gasteiger partial charge in [-0.1, -0.05) is 17.8 Å². The molecule has 2 N–H and O–H groups in total. The number of pyridine rings is 1. The lowest BCUT2D eigenvalue weighted by Crippen LogP contribution is -2.05. The Morgan fingerprint density at radius 2 is 2.10 bits per heavy atom. The molecule has 3 aromatic rings. The Morgan fingerprint density at radius 3 is 2.85 bits per heavy atom. The van der Waals surface area contributed by atoms with Crippen LogP contribution in [0.2, 0.25) is 0 Å². The lowest BCUT2D eigenvalue weighted by molar-refractivity contribution is 0.734. The van der Waals surface area contributed by atoms with E-state index in [1.807, 2.05) is 22.1 Å². The highest BCUT2D eigenvalue weighted by Crippen LogP contribution is 2.21. The van der Waals surface area contributed by atoms with Crippen molar-refractivity contribution in [1.29, 1.82) is 0 Å². The average Bonchev–Trinajstić information content (AvgIpc) is 2.99. The minimum Gasteiger partial charge on any atom is -0.324 e. The molecule has 0 aliphatic rings. The Morgan fingerprint density at radius 1 is 1.25 bits per heavy atom. The summed E-state index contributed by atoms with van der Waals surface area (Å²) in [6.45, 7) is 2.47. The summed E-state index contributed by atoms with van der Waals surface area (Å²) in [6, 6.07) is 4.09. The van der Waals surface area contributed by atoms with E-state index in [0.717, 1.165) is 28.1 Å². The molecule has 0 bridgehead atoms. The van der Waals surface area contributed by atoms with Gasteiger partial charge < -0.3 is 14.7 Å². The molecule has 6 nitrogen and oxygen atoms in total. The highest BCUT2D eigenvalue weighted by atomic mass is 32.2. The molecule has 3 rings (SSSR count). The molecular weight excluding hydrogens is 272 g/mol. The summed E-state index contributed by atoms with van der Waals surface area (Å²) in [6.07, 6.45) is 4.13. The summed E-state index contributed by atoms with van der Waals surface area (Å²) in [4.78, 5) is 4.59. The van der Waals surface area contributed by atoms with Crippen molar-refractivity contribution in [3.8, 4) is 0 Å². The first kappa shape index (κ1) is 13.1. The molecule has 0 aromatic carbocycles. The zero-order valence-electron chi connectivity index (χ0n) is 11.4. The zero-order valence-corrected chi connectivity index (χ0v) is 12.3. The van der Waals surface area contributed by atoms with Crippen LogP contribution in [0.25, 0.3) is 5.65 Å². The number of fused-ring (bicyclic) bond motifs is 1. The fourth-order valence-corrected chi connectivity index (χ4v) is 2.83. The average molecular weight is 288 g/mol. The van der Waals surface area contributed by atoms with Gasteiger partial charge in [0.25, 0.3) is 0 Å². The van der Waals surface area contributed by atoms with Gasteiger partial charge in [-0.2, -0.15) is 0 Å². The number of rotatable bonds is 4. The van der Waals surface area contributed by atoms with E-state index < -0.39 is 0 Å². The number of imidazole rings is 1. The molecule has 104 valence electrons. The van der Waals surface area contributed by atoms with Crippen LogP contribution in [-0.2, 0) is 19.3 Å². The number of thioether (sulfide) groups is 1. The van der Waals surface area contributed by atoms with Crippen molar-refractivity contribution < 1.29 is 0 Å². The van der Waals surface area contributed by atoms with Crippen LogP contribution >= 0.6 is 11.8 Å². The highest BCUT2D eigenvalue weighted by molar-refractivity contribution is 7.98. The Labute approximate surface area is 121 Å². The summed E-state index contributed by atoms with van der Waals surface area (Å²) in [5, 5.41) is 9.03. The monoisotopic (exact) mass is 288 g/mol. The largest absolute Gasteiger partial charge is 0.324 e. The molecular formula is C13H16N6S. The minimum absolute atomic E-state index is 0.400. The van der Waals surface area contributed by atoms with E-state index in [9.17, 15) is 0 Å².